The number of benzene rings is 1. The normalized spacial score (nSPS) is 11.2. The Morgan fingerprint density at radius 2 is 1.67 bits per heavy atom. The first-order valence-corrected chi connectivity index (χ1v) is 6.27. The molecule has 6 heteroatoms. The van der Waals surface area contributed by atoms with Crippen LogP contribution in [0.3, 0.4) is 0 Å². The average molecular weight is 294 g/mol. The third-order valence-corrected chi connectivity index (χ3v) is 2.81. The quantitative estimate of drug-likeness (QED) is 0.863. The maximum atomic E-state index is 12.5. The molecule has 0 unspecified atom stereocenters. The molecule has 21 heavy (non-hydrogen) atoms. The van der Waals surface area contributed by atoms with E-state index in [9.17, 15) is 18.0 Å². The van der Waals surface area contributed by atoms with Crippen molar-refractivity contribution in [1.82, 2.24) is 4.98 Å². The van der Waals surface area contributed by atoms with Crippen molar-refractivity contribution in [3.05, 3.63) is 60.4 Å². The summed E-state index contributed by atoms with van der Waals surface area (Å²) in [6.07, 6.45) is -3.14. The highest BCUT2D eigenvalue weighted by molar-refractivity contribution is 5.93. The van der Waals surface area contributed by atoms with Gasteiger partial charge in [-0.15, -0.1) is 0 Å². The molecular formula is C15H13F3N2O. The summed E-state index contributed by atoms with van der Waals surface area (Å²) in [7, 11) is 0. The topological polar surface area (TPSA) is 33.2 Å². The molecular weight excluding hydrogens is 281 g/mol. The lowest BCUT2D eigenvalue weighted by Gasteiger charge is -2.23. The SMILES string of the molecule is O=C(CC(F)(F)F)N(Cc1ccccc1)c1ccncc1. The second-order valence-electron chi connectivity index (χ2n) is 4.46. The Balaban J connectivity index is 2.25. The molecule has 2 rings (SSSR count). The van der Waals surface area contributed by atoms with Crippen LogP contribution in [0, 0.1) is 0 Å². The van der Waals surface area contributed by atoms with Crippen LogP contribution in [0.2, 0.25) is 0 Å². The smallest absolute Gasteiger partial charge is 0.308 e. The predicted octanol–water partition coefficient (Wildman–Crippen LogP) is 3.57. The second-order valence-corrected chi connectivity index (χ2v) is 4.46. The number of hydrogen-bond donors (Lipinski definition) is 0. The minimum atomic E-state index is -4.53. The van der Waals surface area contributed by atoms with Gasteiger partial charge in [0.05, 0.1) is 6.54 Å². The molecule has 1 heterocycles. The number of alkyl halides is 3. The standard InChI is InChI=1S/C15H13F3N2O/c16-15(17,18)10-14(21)20(13-6-8-19-9-7-13)11-12-4-2-1-3-5-12/h1-9H,10-11H2. The van der Waals surface area contributed by atoms with Crippen molar-refractivity contribution in [3.63, 3.8) is 0 Å². The molecule has 0 saturated heterocycles. The van der Waals surface area contributed by atoms with Crippen molar-refractivity contribution in [2.45, 2.75) is 19.1 Å². The Morgan fingerprint density at radius 1 is 1.05 bits per heavy atom. The monoisotopic (exact) mass is 294 g/mol. The minimum Gasteiger partial charge on any atom is -0.308 e. The van der Waals surface area contributed by atoms with Crippen LogP contribution < -0.4 is 4.90 Å². The summed E-state index contributed by atoms with van der Waals surface area (Å²) in [5.41, 5.74) is 1.15. The summed E-state index contributed by atoms with van der Waals surface area (Å²) < 4.78 is 37.4. The van der Waals surface area contributed by atoms with E-state index < -0.39 is 18.5 Å². The number of rotatable bonds is 4. The van der Waals surface area contributed by atoms with Crippen molar-refractivity contribution in [3.8, 4) is 0 Å². The van der Waals surface area contributed by atoms with Crippen LogP contribution in [0.25, 0.3) is 0 Å². The second kappa shape index (κ2) is 6.39. The first-order chi connectivity index (χ1) is 9.96. The molecule has 0 saturated carbocycles. The highest BCUT2D eigenvalue weighted by atomic mass is 19.4. The van der Waals surface area contributed by atoms with Gasteiger partial charge in [0.15, 0.2) is 0 Å². The van der Waals surface area contributed by atoms with Gasteiger partial charge in [-0.05, 0) is 17.7 Å². The first kappa shape index (κ1) is 15.0. The third-order valence-electron chi connectivity index (χ3n) is 2.81. The number of anilines is 1. The molecule has 110 valence electrons. The van der Waals surface area contributed by atoms with Crippen LogP contribution in [0.1, 0.15) is 12.0 Å². The fourth-order valence-electron chi connectivity index (χ4n) is 1.88. The number of pyridine rings is 1. The zero-order chi connectivity index (χ0) is 15.3. The van der Waals surface area contributed by atoms with Gasteiger partial charge in [-0.2, -0.15) is 13.2 Å². The van der Waals surface area contributed by atoms with E-state index >= 15 is 0 Å². The van der Waals surface area contributed by atoms with Crippen molar-refractivity contribution >= 4 is 11.6 Å². The third kappa shape index (κ3) is 4.59. The zero-order valence-corrected chi connectivity index (χ0v) is 11.0. The number of carbonyl (C=O) groups is 1. The number of halogens is 3. The van der Waals surface area contributed by atoms with Gasteiger partial charge in [-0.25, -0.2) is 0 Å². The highest BCUT2D eigenvalue weighted by Crippen LogP contribution is 2.24. The van der Waals surface area contributed by atoms with Gasteiger partial charge in [0.2, 0.25) is 5.91 Å². The average Bonchev–Trinajstić information content (AvgIpc) is 2.45. The Hall–Kier alpha value is -2.37. The van der Waals surface area contributed by atoms with E-state index in [1.165, 1.54) is 24.5 Å². The van der Waals surface area contributed by atoms with Crippen molar-refractivity contribution < 1.29 is 18.0 Å². The summed E-state index contributed by atoms with van der Waals surface area (Å²) in [4.78, 5) is 16.9. The number of amides is 1. The van der Waals surface area contributed by atoms with E-state index in [0.717, 1.165) is 10.5 Å². The first-order valence-electron chi connectivity index (χ1n) is 6.27. The van der Waals surface area contributed by atoms with Crippen LogP contribution in [0.15, 0.2) is 54.9 Å². The van der Waals surface area contributed by atoms with Gasteiger partial charge >= 0.3 is 6.18 Å². The Kier molecular flexibility index (Phi) is 4.57. The summed E-state index contributed by atoms with van der Waals surface area (Å²) in [6, 6.07) is 11.9. The number of hydrogen-bond acceptors (Lipinski definition) is 2. The maximum absolute atomic E-state index is 12.5. The fraction of sp³-hybridized carbons (Fsp3) is 0.200. The number of carbonyl (C=O) groups excluding carboxylic acids is 1. The number of aromatic nitrogens is 1. The molecule has 0 radical (unpaired) electrons. The Morgan fingerprint density at radius 3 is 2.24 bits per heavy atom. The van der Waals surface area contributed by atoms with Crippen LogP contribution in [0.5, 0.6) is 0 Å². The Labute approximate surface area is 120 Å². The molecule has 2 aromatic rings. The highest BCUT2D eigenvalue weighted by Gasteiger charge is 2.34. The Bertz CT molecular complexity index is 585. The maximum Gasteiger partial charge on any atom is 0.397 e. The van der Waals surface area contributed by atoms with Crippen LogP contribution in [0.4, 0.5) is 18.9 Å². The molecule has 0 fully saturated rings. The van der Waals surface area contributed by atoms with Gasteiger partial charge in [-0.3, -0.25) is 9.78 Å². The van der Waals surface area contributed by atoms with Gasteiger partial charge in [0, 0.05) is 18.1 Å². The van der Waals surface area contributed by atoms with E-state index in [-0.39, 0.29) is 6.54 Å². The van der Waals surface area contributed by atoms with Crippen molar-refractivity contribution in [1.29, 1.82) is 0 Å². The molecule has 0 aliphatic heterocycles. The molecule has 1 aromatic heterocycles. The lowest BCUT2D eigenvalue weighted by molar-refractivity contribution is -0.152. The van der Waals surface area contributed by atoms with Crippen LogP contribution >= 0.6 is 0 Å². The molecule has 3 nitrogen and oxygen atoms in total. The molecule has 0 aliphatic carbocycles. The molecule has 0 atom stereocenters. The summed E-state index contributed by atoms with van der Waals surface area (Å²) in [5, 5.41) is 0. The molecule has 1 aromatic carbocycles. The summed E-state index contributed by atoms with van der Waals surface area (Å²) in [5.74, 6) is -0.988. The molecule has 0 spiro atoms. The van der Waals surface area contributed by atoms with Crippen molar-refractivity contribution in [2.75, 3.05) is 4.90 Å². The zero-order valence-electron chi connectivity index (χ0n) is 11.0. The van der Waals surface area contributed by atoms with E-state index in [1.807, 2.05) is 0 Å². The molecule has 1 amide bonds. The fourth-order valence-corrected chi connectivity index (χ4v) is 1.88. The van der Waals surface area contributed by atoms with Crippen molar-refractivity contribution in [2.24, 2.45) is 0 Å². The van der Waals surface area contributed by atoms with Gasteiger partial charge in [0.25, 0.3) is 0 Å². The van der Waals surface area contributed by atoms with Crippen LogP contribution in [-0.2, 0) is 11.3 Å². The summed E-state index contributed by atoms with van der Waals surface area (Å²) in [6.45, 7) is 0.0831. The van der Waals surface area contributed by atoms with Gasteiger partial charge in [-0.1, -0.05) is 30.3 Å². The van der Waals surface area contributed by atoms with Gasteiger partial charge < -0.3 is 4.90 Å². The molecule has 0 aliphatic rings. The molecule has 0 N–H and O–H groups in total. The van der Waals surface area contributed by atoms with E-state index in [0.29, 0.717) is 5.69 Å². The minimum absolute atomic E-state index is 0.0831. The predicted molar refractivity (Wildman–Crippen MR) is 72.5 cm³/mol. The lowest BCUT2D eigenvalue weighted by atomic mass is 10.2. The van der Waals surface area contributed by atoms with Gasteiger partial charge in [0.1, 0.15) is 6.42 Å². The summed E-state index contributed by atoms with van der Waals surface area (Å²) >= 11 is 0. The lowest BCUT2D eigenvalue weighted by Crippen LogP contribution is -2.33. The molecule has 0 bridgehead atoms. The van der Waals surface area contributed by atoms with Crippen LogP contribution in [-0.4, -0.2) is 17.1 Å². The van der Waals surface area contributed by atoms with E-state index in [1.54, 1.807) is 30.3 Å². The van der Waals surface area contributed by atoms with E-state index in [4.69, 9.17) is 0 Å². The largest absolute Gasteiger partial charge is 0.397 e. The van der Waals surface area contributed by atoms with E-state index in [2.05, 4.69) is 4.98 Å². The number of nitrogens with zero attached hydrogens (tertiary/aromatic N) is 2.